The SMILES string of the molecule is COc1cccc(-c2nc(C)c(Br)c(Cl)n2)c1. The van der Waals surface area contributed by atoms with E-state index in [4.69, 9.17) is 16.3 Å². The van der Waals surface area contributed by atoms with Crippen molar-refractivity contribution >= 4 is 27.5 Å². The van der Waals surface area contributed by atoms with Gasteiger partial charge in [-0.25, -0.2) is 9.97 Å². The van der Waals surface area contributed by atoms with Crippen molar-refractivity contribution < 1.29 is 4.74 Å². The second-order valence-corrected chi connectivity index (χ2v) is 4.62. The Bertz CT molecular complexity index is 537. The molecule has 1 aromatic heterocycles. The molecule has 0 bridgehead atoms. The molecule has 0 radical (unpaired) electrons. The van der Waals surface area contributed by atoms with Crippen LogP contribution in [0.1, 0.15) is 5.69 Å². The van der Waals surface area contributed by atoms with Crippen molar-refractivity contribution in [1.29, 1.82) is 0 Å². The quantitative estimate of drug-likeness (QED) is 0.789. The molecule has 2 aromatic rings. The molecule has 17 heavy (non-hydrogen) atoms. The third kappa shape index (κ3) is 2.58. The minimum Gasteiger partial charge on any atom is -0.497 e. The van der Waals surface area contributed by atoms with Crippen LogP contribution in [-0.4, -0.2) is 17.1 Å². The fraction of sp³-hybridized carbons (Fsp3) is 0.167. The van der Waals surface area contributed by atoms with E-state index in [1.165, 1.54) is 0 Å². The lowest BCUT2D eigenvalue weighted by Gasteiger charge is -2.06. The molecule has 0 atom stereocenters. The molecule has 0 fully saturated rings. The number of methoxy groups -OCH3 is 1. The molecule has 2 rings (SSSR count). The van der Waals surface area contributed by atoms with Crippen molar-refractivity contribution in [1.82, 2.24) is 9.97 Å². The molecule has 0 aliphatic carbocycles. The summed E-state index contributed by atoms with van der Waals surface area (Å²) in [5.41, 5.74) is 1.68. The Balaban J connectivity index is 2.52. The van der Waals surface area contributed by atoms with E-state index in [-0.39, 0.29) is 0 Å². The molecular weight excluding hydrogens is 304 g/mol. The largest absolute Gasteiger partial charge is 0.497 e. The molecule has 0 saturated heterocycles. The third-order valence-electron chi connectivity index (χ3n) is 2.30. The summed E-state index contributed by atoms with van der Waals surface area (Å²) >= 11 is 9.35. The van der Waals surface area contributed by atoms with Crippen molar-refractivity contribution in [2.24, 2.45) is 0 Å². The average Bonchev–Trinajstić information content (AvgIpc) is 2.35. The molecule has 0 aliphatic rings. The van der Waals surface area contributed by atoms with Crippen molar-refractivity contribution in [3.05, 3.63) is 39.6 Å². The molecule has 1 heterocycles. The Morgan fingerprint density at radius 2 is 2.06 bits per heavy atom. The molecule has 0 saturated carbocycles. The van der Waals surface area contributed by atoms with Crippen LogP contribution < -0.4 is 4.74 Å². The maximum absolute atomic E-state index is 6.01. The zero-order chi connectivity index (χ0) is 12.4. The molecule has 1 aromatic carbocycles. The predicted molar refractivity (Wildman–Crippen MR) is 71.5 cm³/mol. The zero-order valence-corrected chi connectivity index (χ0v) is 11.7. The highest BCUT2D eigenvalue weighted by molar-refractivity contribution is 9.10. The summed E-state index contributed by atoms with van der Waals surface area (Å²) in [5, 5.41) is 0.412. The van der Waals surface area contributed by atoms with Crippen LogP contribution in [0.15, 0.2) is 28.7 Å². The van der Waals surface area contributed by atoms with E-state index in [1.807, 2.05) is 31.2 Å². The van der Waals surface area contributed by atoms with E-state index in [2.05, 4.69) is 25.9 Å². The van der Waals surface area contributed by atoms with Crippen LogP contribution in [0.25, 0.3) is 11.4 Å². The molecule has 0 spiro atoms. The summed E-state index contributed by atoms with van der Waals surface area (Å²) < 4.78 is 5.89. The maximum Gasteiger partial charge on any atom is 0.161 e. The molecule has 88 valence electrons. The minimum absolute atomic E-state index is 0.412. The predicted octanol–water partition coefficient (Wildman–Crippen LogP) is 3.88. The standard InChI is InChI=1S/C12H10BrClN2O/c1-7-10(13)11(14)16-12(15-7)8-4-3-5-9(6-8)17-2/h3-6H,1-2H3. The van der Waals surface area contributed by atoms with Gasteiger partial charge in [-0.05, 0) is 35.0 Å². The summed E-state index contributed by atoms with van der Waals surface area (Å²) in [5.74, 6) is 1.36. The van der Waals surface area contributed by atoms with Gasteiger partial charge in [0.15, 0.2) is 5.82 Å². The number of aromatic nitrogens is 2. The minimum atomic E-state index is 0.412. The number of hydrogen-bond donors (Lipinski definition) is 0. The van der Waals surface area contributed by atoms with Crippen molar-refractivity contribution in [3.8, 4) is 17.1 Å². The highest BCUT2D eigenvalue weighted by Gasteiger charge is 2.09. The van der Waals surface area contributed by atoms with Gasteiger partial charge in [-0.3, -0.25) is 0 Å². The van der Waals surface area contributed by atoms with Gasteiger partial charge in [0.05, 0.1) is 17.3 Å². The van der Waals surface area contributed by atoms with Gasteiger partial charge < -0.3 is 4.74 Å². The van der Waals surface area contributed by atoms with Gasteiger partial charge in [-0.2, -0.15) is 0 Å². The lowest BCUT2D eigenvalue weighted by Crippen LogP contribution is -1.94. The Morgan fingerprint density at radius 3 is 2.71 bits per heavy atom. The Hall–Kier alpha value is -1.13. The van der Waals surface area contributed by atoms with Gasteiger partial charge in [-0.15, -0.1) is 0 Å². The first-order valence-corrected chi connectivity index (χ1v) is 6.13. The molecule has 0 aliphatic heterocycles. The van der Waals surface area contributed by atoms with E-state index >= 15 is 0 Å². The fourth-order valence-corrected chi connectivity index (χ4v) is 1.81. The van der Waals surface area contributed by atoms with Crippen LogP contribution >= 0.6 is 27.5 Å². The van der Waals surface area contributed by atoms with E-state index in [0.29, 0.717) is 11.0 Å². The monoisotopic (exact) mass is 312 g/mol. The first kappa shape index (κ1) is 12.3. The van der Waals surface area contributed by atoms with Gasteiger partial charge in [0.2, 0.25) is 0 Å². The van der Waals surface area contributed by atoms with E-state index in [0.717, 1.165) is 21.5 Å². The smallest absolute Gasteiger partial charge is 0.161 e. The normalized spacial score (nSPS) is 10.4. The highest BCUT2D eigenvalue weighted by Crippen LogP contribution is 2.27. The number of ether oxygens (including phenoxy) is 1. The lowest BCUT2D eigenvalue weighted by atomic mass is 10.2. The van der Waals surface area contributed by atoms with Gasteiger partial charge >= 0.3 is 0 Å². The number of benzene rings is 1. The third-order valence-corrected chi connectivity index (χ3v) is 3.76. The van der Waals surface area contributed by atoms with Crippen molar-refractivity contribution in [3.63, 3.8) is 0 Å². The number of nitrogens with zero attached hydrogens (tertiary/aromatic N) is 2. The van der Waals surface area contributed by atoms with E-state index < -0.39 is 0 Å². The molecule has 0 unspecified atom stereocenters. The van der Waals surface area contributed by atoms with Crippen LogP contribution in [0.3, 0.4) is 0 Å². The van der Waals surface area contributed by atoms with Crippen LogP contribution in [0.4, 0.5) is 0 Å². The zero-order valence-electron chi connectivity index (χ0n) is 9.37. The average molecular weight is 314 g/mol. The topological polar surface area (TPSA) is 35.0 Å². The maximum atomic E-state index is 6.01. The number of hydrogen-bond acceptors (Lipinski definition) is 3. The molecule has 5 heteroatoms. The second kappa shape index (κ2) is 5.02. The number of halogens is 2. The second-order valence-electron chi connectivity index (χ2n) is 3.47. The summed E-state index contributed by atoms with van der Waals surface area (Å²) in [6.45, 7) is 1.88. The highest BCUT2D eigenvalue weighted by atomic mass is 79.9. The van der Waals surface area contributed by atoms with Gasteiger partial charge in [-0.1, -0.05) is 23.7 Å². The summed E-state index contributed by atoms with van der Waals surface area (Å²) in [6.07, 6.45) is 0. The lowest BCUT2D eigenvalue weighted by molar-refractivity contribution is 0.415. The van der Waals surface area contributed by atoms with Gasteiger partial charge in [0, 0.05) is 5.56 Å². The van der Waals surface area contributed by atoms with Gasteiger partial charge in [0.1, 0.15) is 10.9 Å². The van der Waals surface area contributed by atoms with Crippen LogP contribution in [0.2, 0.25) is 5.15 Å². The van der Waals surface area contributed by atoms with Crippen LogP contribution in [0.5, 0.6) is 5.75 Å². The molecule has 0 N–H and O–H groups in total. The number of aryl methyl sites for hydroxylation is 1. The molecule has 0 amide bonds. The first-order valence-electron chi connectivity index (χ1n) is 4.96. The van der Waals surface area contributed by atoms with Crippen LogP contribution in [-0.2, 0) is 0 Å². The Kier molecular flexibility index (Phi) is 3.64. The Labute approximate surface area is 113 Å². The summed E-state index contributed by atoms with van der Waals surface area (Å²) in [6, 6.07) is 7.56. The van der Waals surface area contributed by atoms with Gasteiger partial charge in [0.25, 0.3) is 0 Å². The van der Waals surface area contributed by atoms with E-state index in [1.54, 1.807) is 7.11 Å². The van der Waals surface area contributed by atoms with Crippen molar-refractivity contribution in [2.45, 2.75) is 6.92 Å². The van der Waals surface area contributed by atoms with E-state index in [9.17, 15) is 0 Å². The summed E-state index contributed by atoms with van der Waals surface area (Å²) in [7, 11) is 1.62. The first-order chi connectivity index (χ1) is 8.11. The molecular formula is C12H10BrClN2O. The van der Waals surface area contributed by atoms with Crippen LogP contribution in [0, 0.1) is 6.92 Å². The Morgan fingerprint density at radius 1 is 1.29 bits per heavy atom. The fourth-order valence-electron chi connectivity index (χ4n) is 1.42. The van der Waals surface area contributed by atoms with Crippen molar-refractivity contribution in [2.75, 3.05) is 7.11 Å². The number of rotatable bonds is 2. The molecule has 3 nitrogen and oxygen atoms in total. The summed E-state index contributed by atoms with van der Waals surface area (Å²) in [4.78, 5) is 8.61.